The first-order valence-corrected chi connectivity index (χ1v) is 7.99. The van der Waals surface area contributed by atoms with Gasteiger partial charge in [-0.2, -0.15) is 0 Å². The minimum Gasteiger partial charge on any atom is -0.433 e. The lowest BCUT2D eigenvalue weighted by Crippen LogP contribution is -2.16. The predicted molar refractivity (Wildman–Crippen MR) is 90.3 cm³/mol. The summed E-state index contributed by atoms with van der Waals surface area (Å²) in [6, 6.07) is 5.13. The third kappa shape index (κ3) is 5.49. The van der Waals surface area contributed by atoms with Crippen molar-refractivity contribution in [2.24, 2.45) is 11.7 Å². The van der Waals surface area contributed by atoms with Gasteiger partial charge in [0, 0.05) is 18.8 Å². The van der Waals surface area contributed by atoms with Gasteiger partial charge in [0.2, 0.25) is 17.5 Å². The molecule has 0 radical (unpaired) electrons. The second kappa shape index (κ2) is 8.53. The van der Waals surface area contributed by atoms with Crippen LogP contribution in [0.15, 0.2) is 30.5 Å². The zero-order valence-corrected chi connectivity index (χ0v) is 14.2. The lowest BCUT2D eigenvalue weighted by molar-refractivity contribution is 0.1000. The van der Waals surface area contributed by atoms with E-state index in [-0.39, 0.29) is 11.4 Å². The summed E-state index contributed by atoms with van der Waals surface area (Å²) in [5.41, 5.74) is 5.77. The first kappa shape index (κ1) is 18.8. The molecule has 0 atom stereocenters. The standard InChI is InChI=1S/C18H21F2N3O2/c1-11(2)5-6-22-9-12-7-14(19)17(15(20)8-12)25-16-4-3-13(10-23-16)18(21)24/h3-4,7-8,10-11,22H,5-6,9H2,1-2H3,(H2,21,24). The number of halogens is 2. The molecular weight excluding hydrogens is 328 g/mol. The van der Waals surface area contributed by atoms with Gasteiger partial charge < -0.3 is 15.8 Å². The van der Waals surface area contributed by atoms with E-state index >= 15 is 0 Å². The summed E-state index contributed by atoms with van der Waals surface area (Å²) in [4.78, 5) is 14.8. The Labute approximate surface area is 145 Å². The summed E-state index contributed by atoms with van der Waals surface area (Å²) < 4.78 is 33.4. The fraction of sp³-hybridized carbons (Fsp3) is 0.333. The molecule has 0 aliphatic heterocycles. The van der Waals surface area contributed by atoms with E-state index in [9.17, 15) is 13.6 Å². The van der Waals surface area contributed by atoms with Crippen molar-refractivity contribution < 1.29 is 18.3 Å². The normalized spacial score (nSPS) is 10.9. The highest BCUT2D eigenvalue weighted by Gasteiger charge is 2.14. The Hall–Kier alpha value is -2.54. The predicted octanol–water partition coefficient (Wildman–Crippen LogP) is 3.39. The van der Waals surface area contributed by atoms with Crippen LogP contribution in [0.1, 0.15) is 36.2 Å². The van der Waals surface area contributed by atoms with Crippen LogP contribution in [0, 0.1) is 17.6 Å². The van der Waals surface area contributed by atoms with Gasteiger partial charge in [-0.05, 0) is 42.6 Å². The topological polar surface area (TPSA) is 77.2 Å². The first-order chi connectivity index (χ1) is 11.9. The van der Waals surface area contributed by atoms with Crippen molar-refractivity contribution in [3.05, 3.63) is 53.2 Å². The lowest BCUT2D eigenvalue weighted by atomic mass is 10.1. The number of pyridine rings is 1. The van der Waals surface area contributed by atoms with Crippen molar-refractivity contribution in [1.82, 2.24) is 10.3 Å². The molecule has 1 aromatic heterocycles. The Balaban J connectivity index is 2.05. The summed E-state index contributed by atoms with van der Waals surface area (Å²) >= 11 is 0. The smallest absolute Gasteiger partial charge is 0.250 e. The molecule has 0 unspecified atom stereocenters. The average molecular weight is 349 g/mol. The van der Waals surface area contributed by atoms with Crippen LogP contribution in [-0.2, 0) is 6.54 Å². The number of hydrogen-bond donors (Lipinski definition) is 2. The molecule has 1 heterocycles. The molecule has 0 bridgehead atoms. The molecule has 1 amide bonds. The van der Waals surface area contributed by atoms with Gasteiger partial charge >= 0.3 is 0 Å². The summed E-state index contributed by atoms with van der Waals surface area (Å²) in [6.45, 7) is 5.36. The Bertz CT molecular complexity index is 711. The van der Waals surface area contributed by atoms with Gasteiger partial charge in [0.15, 0.2) is 11.6 Å². The van der Waals surface area contributed by atoms with E-state index in [4.69, 9.17) is 10.5 Å². The molecule has 2 aromatic rings. The highest BCUT2D eigenvalue weighted by Crippen LogP contribution is 2.27. The van der Waals surface area contributed by atoms with Crippen LogP contribution in [0.4, 0.5) is 8.78 Å². The summed E-state index contributed by atoms with van der Waals surface area (Å²) in [5.74, 6) is -2.30. The minimum absolute atomic E-state index is 0.0365. The van der Waals surface area contributed by atoms with Crippen molar-refractivity contribution in [1.29, 1.82) is 0 Å². The van der Waals surface area contributed by atoms with Crippen LogP contribution < -0.4 is 15.8 Å². The highest BCUT2D eigenvalue weighted by molar-refractivity contribution is 5.92. The monoisotopic (exact) mass is 349 g/mol. The quantitative estimate of drug-likeness (QED) is 0.716. The van der Waals surface area contributed by atoms with Crippen LogP contribution in [0.25, 0.3) is 0 Å². The molecule has 5 nitrogen and oxygen atoms in total. The molecule has 134 valence electrons. The van der Waals surface area contributed by atoms with E-state index in [0.717, 1.165) is 13.0 Å². The molecule has 25 heavy (non-hydrogen) atoms. The Morgan fingerprint density at radius 1 is 1.28 bits per heavy atom. The molecule has 7 heteroatoms. The number of ether oxygens (including phenoxy) is 1. The average Bonchev–Trinajstić information content (AvgIpc) is 2.55. The van der Waals surface area contributed by atoms with Crippen LogP contribution in [0.5, 0.6) is 11.6 Å². The molecule has 2 rings (SSSR count). The molecule has 0 aliphatic carbocycles. The number of primary amides is 1. The fourth-order valence-corrected chi connectivity index (χ4v) is 2.13. The number of carbonyl (C=O) groups excluding carboxylic acids is 1. The number of carbonyl (C=O) groups is 1. The molecule has 1 aromatic carbocycles. The largest absolute Gasteiger partial charge is 0.433 e. The molecule has 0 spiro atoms. The van der Waals surface area contributed by atoms with E-state index in [1.54, 1.807) is 0 Å². The zero-order chi connectivity index (χ0) is 18.4. The molecule has 0 aliphatic rings. The third-order valence-electron chi connectivity index (χ3n) is 3.51. The van der Waals surface area contributed by atoms with E-state index in [2.05, 4.69) is 24.1 Å². The highest BCUT2D eigenvalue weighted by atomic mass is 19.1. The van der Waals surface area contributed by atoms with Gasteiger partial charge in [0.1, 0.15) is 0 Å². The maximum absolute atomic E-state index is 14.1. The van der Waals surface area contributed by atoms with Gasteiger partial charge in [-0.3, -0.25) is 4.79 Å². The van der Waals surface area contributed by atoms with Crippen molar-refractivity contribution in [3.8, 4) is 11.6 Å². The number of nitrogens with one attached hydrogen (secondary N) is 1. The van der Waals surface area contributed by atoms with E-state index in [1.165, 1.54) is 30.5 Å². The number of nitrogens with two attached hydrogens (primary N) is 1. The summed E-state index contributed by atoms with van der Waals surface area (Å²) in [6.07, 6.45) is 2.17. The summed E-state index contributed by atoms with van der Waals surface area (Å²) in [5, 5.41) is 3.14. The Kier molecular flexibility index (Phi) is 6.41. The SMILES string of the molecule is CC(C)CCNCc1cc(F)c(Oc2ccc(C(N)=O)cn2)c(F)c1. The van der Waals surface area contributed by atoms with Crippen molar-refractivity contribution >= 4 is 5.91 Å². The molecule has 0 saturated carbocycles. The zero-order valence-electron chi connectivity index (χ0n) is 14.2. The molecule has 3 N–H and O–H groups in total. The number of benzene rings is 1. The molecular formula is C18H21F2N3O2. The number of nitrogens with zero attached hydrogens (tertiary/aromatic N) is 1. The van der Waals surface area contributed by atoms with Gasteiger partial charge in [-0.15, -0.1) is 0 Å². The number of rotatable bonds is 8. The van der Waals surface area contributed by atoms with Crippen LogP contribution >= 0.6 is 0 Å². The minimum atomic E-state index is -0.818. The van der Waals surface area contributed by atoms with Crippen LogP contribution in [-0.4, -0.2) is 17.4 Å². The van der Waals surface area contributed by atoms with Gasteiger partial charge in [-0.1, -0.05) is 13.8 Å². The number of aromatic nitrogens is 1. The van der Waals surface area contributed by atoms with Crippen molar-refractivity contribution in [3.63, 3.8) is 0 Å². The first-order valence-electron chi connectivity index (χ1n) is 7.99. The van der Waals surface area contributed by atoms with Crippen LogP contribution in [0.2, 0.25) is 0 Å². The van der Waals surface area contributed by atoms with E-state index in [1.807, 2.05) is 0 Å². The van der Waals surface area contributed by atoms with Crippen molar-refractivity contribution in [2.75, 3.05) is 6.54 Å². The maximum atomic E-state index is 14.1. The molecule has 0 saturated heterocycles. The van der Waals surface area contributed by atoms with Crippen molar-refractivity contribution in [2.45, 2.75) is 26.8 Å². The second-order valence-corrected chi connectivity index (χ2v) is 6.10. The van der Waals surface area contributed by atoms with Gasteiger partial charge in [0.25, 0.3) is 0 Å². The van der Waals surface area contributed by atoms with Crippen LogP contribution in [0.3, 0.4) is 0 Å². The van der Waals surface area contributed by atoms with Gasteiger partial charge in [0.05, 0.1) is 5.56 Å². The van der Waals surface area contributed by atoms with E-state index in [0.29, 0.717) is 18.0 Å². The van der Waals surface area contributed by atoms with E-state index < -0.39 is 23.3 Å². The summed E-state index contributed by atoms with van der Waals surface area (Å²) in [7, 11) is 0. The molecule has 0 fully saturated rings. The lowest BCUT2D eigenvalue weighted by Gasteiger charge is -2.11. The Morgan fingerprint density at radius 2 is 1.96 bits per heavy atom. The third-order valence-corrected chi connectivity index (χ3v) is 3.51. The number of amides is 1. The van der Waals surface area contributed by atoms with Gasteiger partial charge in [-0.25, -0.2) is 13.8 Å². The fourth-order valence-electron chi connectivity index (χ4n) is 2.13. The second-order valence-electron chi connectivity index (χ2n) is 6.10. The maximum Gasteiger partial charge on any atom is 0.250 e. The number of hydrogen-bond acceptors (Lipinski definition) is 4. The Morgan fingerprint density at radius 3 is 2.48 bits per heavy atom.